The Morgan fingerprint density at radius 1 is 0.237 bits per heavy atom. The number of para-hydroxylation sites is 2. The molecule has 0 radical (unpaired) electrons. The molecule has 0 spiro atoms. The molecule has 0 unspecified atom stereocenters. The highest BCUT2D eigenvalue weighted by molar-refractivity contribution is 6.33. The summed E-state index contributed by atoms with van der Waals surface area (Å²) in [6.07, 6.45) is 0. The first-order chi connectivity index (χ1) is 29.3. The van der Waals surface area contributed by atoms with Crippen molar-refractivity contribution in [2.24, 2.45) is 0 Å². The van der Waals surface area contributed by atoms with Crippen LogP contribution in [0.15, 0.2) is 237 Å². The number of hydrogen-bond donors (Lipinski definition) is 0. The maximum absolute atomic E-state index is 2.44. The van der Waals surface area contributed by atoms with Crippen LogP contribution in [0, 0.1) is 0 Å². The maximum atomic E-state index is 2.44. The second kappa shape index (κ2) is 14.6. The quantitative estimate of drug-likeness (QED) is 0.147. The molecule has 1 heteroatoms. The molecular weight excluding hydrogens is 711 g/mol. The molecule has 59 heavy (non-hydrogen) atoms. The number of fused-ring (bicyclic) bond motifs is 7. The summed E-state index contributed by atoms with van der Waals surface area (Å²) in [4.78, 5) is 2.37. The fourth-order valence-corrected chi connectivity index (χ4v) is 9.24. The molecule has 0 aliphatic rings. The van der Waals surface area contributed by atoms with Crippen LogP contribution in [0.1, 0.15) is 0 Å². The summed E-state index contributed by atoms with van der Waals surface area (Å²) < 4.78 is 0. The smallest absolute Gasteiger partial charge is 0.0540 e. The molecule has 11 aromatic rings. The number of anilines is 3. The summed E-state index contributed by atoms with van der Waals surface area (Å²) in [6, 6.07) is 86.2. The summed E-state index contributed by atoms with van der Waals surface area (Å²) in [6.45, 7) is 0. The first-order valence-corrected chi connectivity index (χ1v) is 20.4. The summed E-state index contributed by atoms with van der Waals surface area (Å²) in [5, 5.41) is 9.97. The first-order valence-electron chi connectivity index (χ1n) is 20.4. The summed E-state index contributed by atoms with van der Waals surface area (Å²) in [7, 11) is 0. The van der Waals surface area contributed by atoms with E-state index in [0.29, 0.717) is 0 Å². The van der Waals surface area contributed by atoms with Gasteiger partial charge in [0.15, 0.2) is 0 Å². The minimum atomic E-state index is 1.12. The minimum Gasteiger partial charge on any atom is -0.310 e. The second-order valence-corrected chi connectivity index (χ2v) is 15.2. The fraction of sp³-hybridized carbons (Fsp3) is 0. The van der Waals surface area contributed by atoms with Crippen LogP contribution in [-0.4, -0.2) is 0 Å². The lowest BCUT2D eigenvalue weighted by molar-refractivity contribution is 1.30. The van der Waals surface area contributed by atoms with Gasteiger partial charge in [0.2, 0.25) is 0 Å². The SMILES string of the molecule is c1ccc(-c2cc(-c3ccccc3)c3c4ccccc4c4cc(-c5cccc6c(N(c7ccccc7)c7ccccc7)cccc56)ccc4c3c2-c2ccccc2)cc1. The Morgan fingerprint density at radius 2 is 0.729 bits per heavy atom. The van der Waals surface area contributed by atoms with Crippen molar-refractivity contribution in [2.45, 2.75) is 0 Å². The third kappa shape index (κ3) is 5.95. The van der Waals surface area contributed by atoms with Gasteiger partial charge in [0.05, 0.1) is 5.69 Å². The average molecular weight is 750 g/mol. The Labute approximate surface area is 344 Å². The largest absolute Gasteiger partial charge is 0.310 e. The number of rotatable bonds is 7. The van der Waals surface area contributed by atoms with E-state index in [0.717, 1.165) is 17.1 Å². The van der Waals surface area contributed by atoms with Crippen molar-refractivity contribution in [3.05, 3.63) is 237 Å². The number of nitrogens with zero attached hydrogens (tertiary/aromatic N) is 1. The zero-order chi connectivity index (χ0) is 39.1. The lowest BCUT2D eigenvalue weighted by Crippen LogP contribution is -2.10. The number of hydrogen-bond acceptors (Lipinski definition) is 1. The molecule has 0 N–H and O–H groups in total. The van der Waals surface area contributed by atoms with Crippen LogP contribution < -0.4 is 4.90 Å². The van der Waals surface area contributed by atoms with Crippen LogP contribution in [0.4, 0.5) is 17.1 Å². The minimum absolute atomic E-state index is 1.12. The van der Waals surface area contributed by atoms with Gasteiger partial charge in [0, 0.05) is 16.8 Å². The van der Waals surface area contributed by atoms with E-state index in [2.05, 4.69) is 241 Å². The Bertz CT molecular complexity index is 3250. The van der Waals surface area contributed by atoms with E-state index in [9.17, 15) is 0 Å². The lowest BCUT2D eigenvalue weighted by atomic mass is 9.81. The maximum Gasteiger partial charge on any atom is 0.0540 e. The molecule has 11 aromatic carbocycles. The molecule has 276 valence electrons. The van der Waals surface area contributed by atoms with Crippen LogP contribution in [0.2, 0.25) is 0 Å². The van der Waals surface area contributed by atoms with Gasteiger partial charge in [-0.2, -0.15) is 0 Å². The predicted octanol–water partition coefficient (Wildman–Crippen LogP) is 16.4. The molecule has 0 atom stereocenters. The van der Waals surface area contributed by atoms with Crippen LogP contribution in [0.3, 0.4) is 0 Å². The molecule has 0 aliphatic carbocycles. The van der Waals surface area contributed by atoms with Gasteiger partial charge in [-0.1, -0.05) is 194 Å². The molecule has 0 aliphatic heterocycles. The highest BCUT2D eigenvalue weighted by Gasteiger charge is 2.22. The molecule has 0 heterocycles. The van der Waals surface area contributed by atoms with E-state index in [1.807, 2.05) is 0 Å². The molecular formula is C58H39N. The zero-order valence-electron chi connectivity index (χ0n) is 32.5. The van der Waals surface area contributed by atoms with Gasteiger partial charge >= 0.3 is 0 Å². The first kappa shape index (κ1) is 34.5. The van der Waals surface area contributed by atoms with Gasteiger partial charge in [-0.25, -0.2) is 0 Å². The molecule has 0 saturated carbocycles. The van der Waals surface area contributed by atoms with Crippen molar-refractivity contribution in [3.63, 3.8) is 0 Å². The van der Waals surface area contributed by atoms with Crippen molar-refractivity contribution in [2.75, 3.05) is 4.90 Å². The van der Waals surface area contributed by atoms with Crippen molar-refractivity contribution in [1.29, 1.82) is 0 Å². The van der Waals surface area contributed by atoms with E-state index in [4.69, 9.17) is 0 Å². The van der Waals surface area contributed by atoms with Crippen molar-refractivity contribution in [3.8, 4) is 44.5 Å². The van der Waals surface area contributed by atoms with Gasteiger partial charge in [-0.05, 0) is 125 Å². The van der Waals surface area contributed by atoms with Gasteiger partial charge in [-0.15, -0.1) is 0 Å². The highest BCUT2D eigenvalue weighted by atomic mass is 15.1. The average Bonchev–Trinajstić information content (AvgIpc) is 3.32. The van der Waals surface area contributed by atoms with Crippen LogP contribution in [0.5, 0.6) is 0 Å². The van der Waals surface area contributed by atoms with Gasteiger partial charge in [0.25, 0.3) is 0 Å². The van der Waals surface area contributed by atoms with E-state index in [1.165, 1.54) is 87.6 Å². The third-order valence-electron chi connectivity index (χ3n) is 11.8. The van der Waals surface area contributed by atoms with Crippen LogP contribution in [0.25, 0.3) is 87.6 Å². The third-order valence-corrected chi connectivity index (χ3v) is 11.8. The lowest BCUT2D eigenvalue weighted by Gasteiger charge is -2.27. The topological polar surface area (TPSA) is 3.24 Å². The Hall–Kier alpha value is -7.74. The monoisotopic (exact) mass is 749 g/mol. The predicted molar refractivity (Wildman–Crippen MR) is 253 cm³/mol. The van der Waals surface area contributed by atoms with E-state index >= 15 is 0 Å². The fourth-order valence-electron chi connectivity index (χ4n) is 9.24. The molecule has 0 aromatic heterocycles. The van der Waals surface area contributed by atoms with Crippen LogP contribution >= 0.6 is 0 Å². The zero-order valence-corrected chi connectivity index (χ0v) is 32.5. The standard InChI is InChI=1S/C58H39N/c1-6-20-40(21-7-1)52-39-53(41-22-8-2-9-23-41)57-50-31-17-16-30-48(50)54-38-43(36-37-51(54)58(57)56(52)42-24-10-3-11-25-42)46-32-18-34-49-47(46)33-19-35-55(49)59(44-26-12-4-13-27-44)45-28-14-5-15-29-45/h1-39H. The normalized spacial score (nSPS) is 11.4. The van der Waals surface area contributed by atoms with E-state index in [1.54, 1.807) is 0 Å². The van der Waals surface area contributed by atoms with Gasteiger partial charge < -0.3 is 4.90 Å². The van der Waals surface area contributed by atoms with E-state index in [-0.39, 0.29) is 0 Å². The van der Waals surface area contributed by atoms with Crippen molar-refractivity contribution in [1.82, 2.24) is 0 Å². The molecule has 11 rings (SSSR count). The summed E-state index contributed by atoms with van der Waals surface area (Å²) in [5.74, 6) is 0. The molecule has 0 amide bonds. The molecule has 0 fully saturated rings. The van der Waals surface area contributed by atoms with Crippen molar-refractivity contribution < 1.29 is 0 Å². The van der Waals surface area contributed by atoms with Crippen LogP contribution in [-0.2, 0) is 0 Å². The Balaban J connectivity index is 1.22. The number of benzene rings is 11. The highest BCUT2D eigenvalue weighted by Crippen LogP contribution is 2.50. The second-order valence-electron chi connectivity index (χ2n) is 15.2. The van der Waals surface area contributed by atoms with Crippen molar-refractivity contribution >= 4 is 60.2 Å². The Kier molecular flexibility index (Phi) is 8.56. The molecule has 0 bridgehead atoms. The molecule has 1 nitrogen and oxygen atoms in total. The molecule has 0 saturated heterocycles. The van der Waals surface area contributed by atoms with Gasteiger partial charge in [0.1, 0.15) is 0 Å². The summed E-state index contributed by atoms with van der Waals surface area (Å²) in [5.41, 5.74) is 13.1. The Morgan fingerprint density at radius 3 is 1.37 bits per heavy atom. The van der Waals surface area contributed by atoms with E-state index < -0.39 is 0 Å². The summed E-state index contributed by atoms with van der Waals surface area (Å²) >= 11 is 0. The van der Waals surface area contributed by atoms with Gasteiger partial charge in [-0.3, -0.25) is 0 Å².